The van der Waals surface area contributed by atoms with Crippen LogP contribution in [0.15, 0.2) is 48.5 Å². The molecular weight excluding hydrogens is 354 g/mol. The molecule has 1 aliphatic heterocycles. The zero-order valence-electron chi connectivity index (χ0n) is 16.0. The van der Waals surface area contributed by atoms with Crippen molar-refractivity contribution in [1.82, 2.24) is 5.32 Å². The predicted molar refractivity (Wildman–Crippen MR) is 105 cm³/mol. The van der Waals surface area contributed by atoms with E-state index in [1.807, 2.05) is 55.5 Å². The largest absolute Gasteiger partial charge is 0.493 e. The second kappa shape index (κ2) is 7.30. The third-order valence-corrected chi connectivity index (χ3v) is 6.06. The first kappa shape index (κ1) is 18.5. The van der Waals surface area contributed by atoms with Crippen LogP contribution in [-0.2, 0) is 21.4 Å². The fourth-order valence-corrected chi connectivity index (χ4v) is 4.42. The minimum Gasteiger partial charge on any atom is -0.493 e. The Bertz CT molecular complexity index is 909. The van der Waals surface area contributed by atoms with Gasteiger partial charge in [-0.1, -0.05) is 48.0 Å². The molecule has 0 bridgehead atoms. The van der Waals surface area contributed by atoms with Crippen molar-refractivity contribution in [2.24, 2.45) is 11.8 Å². The molecule has 2 N–H and O–H groups in total. The van der Waals surface area contributed by atoms with E-state index >= 15 is 0 Å². The Kier molecular flexibility index (Phi) is 4.84. The van der Waals surface area contributed by atoms with Gasteiger partial charge in [0.05, 0.1) is 12.5 Å². The van der Waals surface area contributed by atoms with E-state index in [4.69, 9.17) is 4.74 Å². The standard InChI is InChI=1S/C23H25NO4/c1-15-5-4-6-16(11-15)12-17(22(26)27)14-24-21(25)19-13-23(19)9-10-28-20-8-3-2-7-18(20)23/h2-8,11,17,19H,9-10,12-14H2,1H3,(H,24,25)(H,26,27)/t17?,19-,23-/m0/s1. The average molecular weight is 379 g/mol. The molecule has 1 heterocycles. The van der Waals surface area contributed by atoms with E-state index in [1.165, 1.54) is 0 Å². The Morgan fingerprint density at radius 2 is 2.07 bits per heavy atom. The molecule has 5 heteroatoms. The number of carboxylic acids is 1. The first-order valence-electron chi connectivity index (χ1n) is 9.78. The maximum Gasteiger partial charge on any atom is 0.308 e. The molecule has 2 aliphatic rings. The van der Waals surface area contributed by atoms with Crippen LogP contribution in [0.4, 0.5) is 0 Å². The van der Waals surface area contributed by atoms with Crippen LogP contribution in [0.1, 0.15) is 29.5 Å². The van der Waals surface area contributed by atoms with Crippen molar-refractivity contribution in [3.63, 3.8) is 0 Å². The van der Waals surface area contributed by atoms with E-state index in [0.29, 0.717) is 13.0 Å². The monoisotopic (exact) mass is 379 g/mol. The zero-order chi connectivity index (χ0) is 19.7. The van der Waals surface area contributed by atoms with Crippen molar-refractivity contribution in [2.75, 3.05) is 13.2 Å². The van der Waals surface area contributed by atoms with Crippen molar-refractivity contribution in [1.29, 1.82) is 0 Å². The molecular formula is C23H25NO4. The van der Waals surface area contributed by atoms with Gasteiger partial charge in [0, 0.05) is 23.4 Å². The summed E-state index contributed by atoms with van der Waals surface area (Å²) < 4.78 is 5.72. The number of para-hydroxylation sites is 1. The van der Waals surface area contributed by atoms with Crippen molar-refractivity contribution >= 4 is 11.9 Å². The van der Waals surface area contributed by atoms with Gasteiger partial charge in [-0.2, -0.15) is 0 Å². The lowest BCUT2D eigenvalue weighted by atomic mass is 9.87. The number of carbonyl (C=O) groups excluding carboxylic acids is 1. The summed E-state index contributed by atoms with van der Waals surface area (Å²) in [5, 5.41) is 12.5. The van der Waals surface area contributed by atoms with Crippen LogP contribution in [0.2, 0.25) is 0 Å². The molecule has 0 radical (unpaired) electrons. The number of carboxylic acid groups (broad SMARTS) is 1. The van der Waals surface area contributed by atoms with Gasteiger partial charge in [0.1, 0.15) is 5.75 Å². The first-order valence-corrected chi connectivity index (χ1v) is 9.78. The highest BCUT2D eigenvalue weighted by molar-refractivity contribution is 5.85. The van der Waals surface area contributed by atoms with Crippen molar-refractivity contribution in [3.8, 4) is 5.75 Å². The number of nitrogens with one attached hydrogen (secondary N) is 1. The Labute approximate surface area is 164 Å². The third-order valence-electron chi connectivity index (χ3n) is 6.06. The molecule has 2 aromatic rings. The number of carbonyl (C=O) groups is 2. The normalized spacial score (nSPS) is 23.4. The Morgan fingerprint density at radius 1 is 1.25 bits per heavy atom. The van der Waals surface area contributed by atoms with E-state index in [0.717, 1.165) is 35.3 Å². The number of hydrogen-bond acceptors (Lipinski definition) is 3. The fourth-order valence-electron chi connectivity index (χ4n) is 4.42. The number of ether oxygens (including phenoxy) is 1. The topological polar surface area (TPSA) is 75.6 Å². The lowest BCUT2D eigenvalue weighted by Crippen LogP contribution is -2.37. The maximum atomic E-state index is 12.8. The van der Waals surface area contributed by atoms with Gasteiger partial charge in [0.15, 0.2) is 0 Å². The second-order valence-electron chi connectivity index (χ2n) is 7.98. The molecule has 3 atom stereocenters. The molecule has 4 rings (SSSR count). The molecule has 1 aliphatic carbocycles. The summed E-state index contributed by atoms with van der Waals surface area (Å²) in [6.45, 7) is 2.75. The third kappa shape index (κ3) is 3.49. The average Bonchev–Trinajstić information content (AvgIpc) is 3.40. The molecule has 146 valence electrons. The molecule has 0 aromatic heterocycles. The van der Waals surface area contributed by atoms with E-state index in [1.54, 1.807) is 0 Å². The van der Waals surface area contributed by atoms with Gasteiger partial charge in [0.25, 0.3) is 0 Å². The smallest absolute Gasteiger partial charge is 0.308 e. The lowest BCUT2D eigenvalue weighted by molar-refractivity contribution is -0.141. The molecule has 1 saturated carbocycles. The number of aryl methyl sites for hydroxylation is 1. The Morgan fingerprint density at radius 3 is 2.86 bits per heavy atom. The molecule has 28 heavy (non-hydrogen) atoms. The molecule has 0 saturated heterocycles. The molecule has 2 aromatic carbocycles. The van der Waals surface area contributed by atoms with E-state index in [9.17, 15) is 14.7 Å². The van der Waals surface area contributed by atoms with Crippen LogP contribution in [0.5, 0.6) is 5.75 Å². The summed E-state index contributed by atoms with van der Waals surface area (Å²) in [4.78, 5) is 24.5. The number of rotatable bonds is 6. The summed E-state index contributed by atoms with van der Waals surface area (Å²) in [6.07, 6.45) is 2.03. The SMILES string of the molecule is Cc1cccc(CC(CNC(=O)[C@@H]2C[C@]23CCOc2ccccc23)C(=O)O)c1. The number of amides is 1. The van der Waals surface area contributed by atoms with Crippen molar-refractivity contribution in [3.05, 3.63) is 65.2 Å². The van der Waals surface area contributed by atoms with Gasteiger partial charge in [0.2, 0.25) is 5.91 Å². The van der Waals surface area contributed by atoms with Crippen LogP contribution in [0, 0.1) is 18.8 Å². The second-order valence-corrected chi connectivity index (χ2v) is 7.98. The van der Waals surface area contributed by atoms with Gasteiger partial charge in [-0.05, 0) is 37.8 Å². The van der Waals surface area contributed by atoms with Crippen LogP contribution >= 0.6 is 0 Å². The summed E-state index contributed by atoms with van der Waals surface area (Å²) in [6, 6.07) is 15.7. The molecule has 5 nitrogen and oxygen atoms in total. The number of fused-ring (bicyclic) bond motifs is 2. The van der Waals surface area contributed by atoms with Gasteiger partial charge in [-0.3, -0.25) is 9.59 Å². The minimum absolute atomic E-state index is 0.0489. The van der Waals surface area contributed by atoms with Crippen LogP contribution < -0.4 is 10.1 Å². The van der Waals surface area contributed by atoms with Gasteiger partial charge < -0.3 is 15.2 Å². The number of aliphatic carboxylic acids is 1. The van der Waals surface area contributed by atoms with Gasteiger partial charge >= 0.3 is 5.97 Å². The highest BCUT2D eigenvalue weighted by Gasteiger charge is 2.60. The molecule has 1 amide bonds. The molecule has 1 spiro atoms. The van der Waals surface area contributed by atoms with E-state index in [2.05, 4.69) is 5.32 Å². The first-order chi connectivity index (χ1) is 13.5. The van der Waals surface area contributed by atoms with E-state index in [-0.39, 0.29) is 23.8 Å². The lowest BCUT2D eigenvalue weighted by Gasteiger charge is -2.26. The minimum atomic E-state index is -0.885. The number of benzene rings is 2. The summed E-state index contributed by atoms with van der Waals surface area (Å²) in [7, 11) is 0. The quantitative estimate of drug-likeness (QED) is 0.809. The van der Waals surface area contributed by atoms with Gasteiger partial charge in [-0.15, -0.1) is 0 Å². The summed E-state index contributed by atoms with van der Waals surface area (Å²) in [5.41, 5.74) is 3.04. The van der Waals surface area contributed by atoms with Crippen LogP contribution in [0.25, 0.3) is 0 Å². The van der Waals surface area contributed by atoms with Crippen LogP contribution in [-0.4, -0.2) is 30.1 Å². The Hall–Kier alpha value is -2.82. The van der Waals surface area contributed by atoms with Crippen molar-refractivity contribution < 1.29 is 19.4 Å². The fraction of sp³-hybridized carbons (Fsp3) is 0.391. The zero-order valence-corrected chi connectivity index (χ0v) is 16.0. The summed E-state index contributed by atoms with van der Waals surface area (Å²) in [5.74, 6) is -0.809. The summed E-state index contributed by atoms with van der Waals surface area (Å²) >= 11 is 0. The Balaban J connectivity index is 1.40. The molecule has 1 unspecified atom stereocenters. The van der Waals surface area contributed by atoms with Gasteiger partial charge in [-0.25, -0.2) is 0 Å². The maximum absolute atomic E-state index is 12.8. The molecule has 1 fully saturated rings. The van der Waals surface area contributed by atoms with Crippen molar-refractivity contribution in [2.45, 2.75) is 31.6 Å². The van der Waals surface area contributed by atoms with E-state index < -0.39 is 11.9 Å². The number of hydrogen-bond donors (Lipinski definition) is 2. The van der Waals surface area contributed by atoms with Crippen LogP contribution in [0.3, 0.4) is 0 Å². The predicted octanol–water partition coefficient (Wildman–Crippen LogP) is 3.09. The highest BCUT2D eigenvalue weighted by Crippen LogP contribution is 2.60. The highest BCUT2D eigenvalue weighted by atomic mass is 16.5.